The lowest BCUT2D eigenvalue weighted by molar-refractivity contribution is -0.316. The number of esters is 3. The van der Waals surface area contributed by atoms with Gasteiger partial charge in [-0.3, -0.25) is 19.2 Å². The third-order valence-electron chi connectivity index (χ3n) is 3.00. The number of methoxy groups -OCH3 is 1. The molecule has 0 bridgehead atoms. The van der Waals surface area contributed by atoms with Gasteiger partial charge in [-0.25, -0.2) is 0 Å². The lowest BCUT2D eigenvalue weighted by atomic mass is 10.00. The molecular weight excluding hydrogens is 326 g/mol. The Morgan fingerprint density at radius 2 is 1.29 bits per heavy atom. The van der Waals surface area contributed by atoms with Gasteiger partial charge in [0.1, 0.15) is 6.04 Å². The van der Waals surface area contributed by atoms with E-state index in [1.807, 2.05) is 0 Å². The molecule has 0 aliphatic carbocycles. The van der Waals surface area contributed by atoms with Crippen molar-refractivity contribution in [1.82, 2.24) is 5.32 Å². The predicted molar refractivity (Wildman–Crippen MR) is 76.1 cm³/mol. The minimum atomic E-state index is -1.37. The molecule has 0 saturated carbocycles. The van der Waals surface area contributed by atoms with E-state index in [0.717, 1.165) is 20.8 Å². The summed E-state index contributed by atoms with van der Waals surface area (Å²) in [5, 5.41) is 2.52. The van der Waals surface area contributed by atoms with Gasteiger partial charge >= 0.3 is 17.9 Å². The molecule has 0 aromatic carbocycles. The highest BCUT2D eigenvalue weighted by atomic mass is 16.8. The number of amides is 1. The summed E-state index contributed by atoms with van der Waals surface area (Å²) in [6, 6.07) is -0.979. The molecule has 1 heterocycles. The van der Waals surface area contributed by atoms with Crippen LogP contribution in [0.2, 0.25) is 0 Å². The van der Waals surface area contributed by atoms with Gasteiger partial charge < -0.3 is 29.0 Å². The number of hydrogen-bond donors (Lipinski definition) is 1. The van der Waals surface area contributed by atoms with Gasteiger partial charge in [0, 0.05) is 34.8 Å². The van der Waals surface area contributed by atoms with Crippen molar-refractivity contribution >= 4 is 23.8 Å². The summed E-state index contributed by atoms with van der Waals surface area (Å²) >= 11 is 0. The Labute approximate surface area is 138 Å². The van der Waals surface area contributed by atoms with E-state index in [2.05, 4.69) is 5.32 Å². The van der Waals surface area contributed by atoms with E-state index in [1.54, 1.807) is 0 Å². The summed E-state index contributed by atoms with van der Waals surface area (Å²) in [4.78, 5) is 45.5. The van der Waals surface area contributed by atoms with Crippen LogP contribution >= 0.6 is 0 Å². The van der Waals surface area contributed by atoms with Crippen molar-refractivity contribution in [2.45, 2.75) is 58.5 Å². The van der Waals surface area contributed by atoms with Crippen LogP contribution in [0, 0.1) is 0 Å². The smallest absolute Gasteiger partial charge is 0.305 e. The Hall–Kier alpha value is -2.20. The molecule has 0 radical (unpaired) electrons. The van der Waals surface area contributed by atoms with Gasteiger partial charge in [0.05, 0.1) is 0 Å². The number of carbonyl (C=O) groups is 4. The van der Waals surface area contributed by atoms with Crippen LogP contribution < -0.4 is 5.32 Å². The SMILES string of the molecule is CO[C@@H]1O[C@H](OC(C)=O)[C@H](OC(C)=O)[C@H](OC(C)=O)[C@H]1NC(C)=O. The normalized spacial score (nSPS) is 29.3. The average molecular weight is 347 g/mol. The first kappa shape index (κ1) is 19.8. The first-order valence-corrected chi connectivity index (χ1v) is 7.12. The molecule has 1 rings (SSSR count). The van der Waals surface area contributed by atoms with Gasteiger partial charge in [-0.1, -0.05) is 0 Å². The summed E-state index contributed by atoms with van der Waals surface area (Å²) in [6.45, 7) is 4.66. The van der Waals surface area contributed by atoms with E-state index in [1.165, 1.54) is 14.0 Å². The van der Waals surface area contributed by atoms with Gasteiger partial charge in [0.2, 0.25) is 18.3 Å². The Bertz CT molecular complexity index is 506. The second-order valence-electron chi connectivity index (χ2n) is 5.09. The third-order valence-corrected chi connectivity index (χ3v) is 3.00. The summed E-state index contributed by atoms with van der Waals surface area (Å²) in [5.74, 6) is -2.55. The third kappa shape index (κ3) is 5.46. The molecule has 1 saturated heterocycles. The molecule has 1 amide bonds. The van der Waals surface area contributed by atoms with Gasteiger partial charge in [-0.05, 0) is 0 Å². The molecule has 1 aliphatic heterocycles. The van der Waals surface area contributed by atoms with E-state index in [9.17, 15) is 19.2 Å². The first-order valence-electron chi connectivity index (χ1n) is 7.12. The van der Waals surface area contributed by atoms with Crippen molar-refractivity contribution in [3.8, 4) is 0 Å². The van der Waals surface area contributed by atoms with Gasteiger partial charge in [-0.2, -0.15) is 0 Å². The van der Waals surface area contributed by atoms with E-state index < -0.39 is 54.6 Å². The summed E-state index contributed by atoms with van der Waals surface area (Å²) in [5.41, 5.74) is 0. The van der Waals surface area contributed by atoms with Crippen molar-refractivity contribution in [2.75, 3.05) is 7.11 Å². The number of ether oxygens (including phenoxy) is 5. The second kappa shape index (κ2) is 8.60. The maximum Gasteiger partial charge on any atom is 0.305 e. The molecule has 10 heteroatoms. The van der Waals surface area contributed by atoms with Crippen molar-refractivity contribution < 1.29 is 42.9 Å². The quantitative estimate of drug-likeness (QED) is 0.504. The summed E-state index contributed by atoms with van der Waals surface area (Å²) in [7, 11) is 1.29. The van der Waals surface area contributed by atoms with Gasteiger partial charge in [0.25, 0.3) is 0 Å². The zero-order valence-corrected chi connectivity index (χ0v) is 14.1. The standard InChI is InChI=1S/C14H21NO9/c1-6(16)15-10-11(21-7(2)17)12(22-8(3)18)14(23-9(4)19)24-13(10)20-5/h10-14H,1-5H3,(H,15,16)/t10-,11-,12-,13-,14+/m1/s1. The van der Waals surface area contributed by atoms with E-state index >= 15 is 0 Å². The Kier molecular flexibility index (Phi) is 7.11. The molecule has 0 spiro atoms. The molecule has 1 fully saturated rings. The highest BCUT2D eigenvalue weighted by molar-refractivity contribution is 5.73. The van der Waals surface area contributed by atoms with Crippen LogP contribution in [0.15, 0.2) is 0 Å². The van der Waals surface area contributed by atoms with Crippen LogP contribution in [-0.2, 0) is 42.9 Å². The topological polar surface area (TPSA) is 126 Å². The average Bonchev–Trinajstić information content (AvgIpc) is 2.42. The molecule has 0 unspecified atom stereocenters. The molecule has 0 aromatic heterocycles. The number of hydrogen-bond acceptors (Lipinski definition) is 9. The number of rotatable bonds is 5. The van der Waals surface area contributed by atoms with Crippen LogP contribution in [0.25, 0.3) is 0 Å². The fourth-order valence-electron chi connectivity index (χ4n) is 2.30. The summed E-state index contributed by atoms with van der Waals surface area (Å²) < 4.78 is 25.8. The minimum Gasteiger partial charge on any atom is -0.456 e. The molecular formula is C14H21NO9. The zero-order valence-electron chi connectivity index (χ0n) is 14.1. The van der Waals surface area contributed by atoms with E-state index in [0.29, 0.717) is 0 Å². The summed E-state index contributed by atoms with van der Waals surface area (Å²) in [6.07, 6.45) is -4.93. The molecule has 136 valence electrons. The fourth-order valence-corrected chi connectivity index (χ4v) is 2.30. The van der Waals surface area contributed by atoms with Crippen LogP contribution in [0.1, 0.15) is 27.7 Å². The first-order chi connectivity index (χ1) is 11.1. The number of nitrogens with one attached hydrogen (secondary N) is 1. The van der Waals surface area contributed by atoms with E-state index in [-0.39, 0.29) is 0 Å². The number of carbonyl (C=O) groups excluding carboxylic acids is 4. The predicted octanol–water partition coefficient (Wildman–Crippen LogP) is -0.754. The largest absolute Gasteiger partial charge is 0.456 e. The zero-order chi connectivity index (χ0) is 18.4. The molecule has 24 heavy (non-hydrogen) atoms. The maximum absolute atomic E-state index is 11.4. The van der Waals surface area contributed by atoms with Crippen LogP contribution in [0.4, 0.5) is 0 Å². The lowest BCUT2D eigenvalue weighted by Crippen LogP contribution is -2.66. The molecule has 1 aliphatic rings. The molecule has 5 atom stereocenters. The Morgan fingerprint density at radius 1 is 0.792 bits per heavy atom. The molecule has 0 aromatic rings. The van der Waals surface area contributed by atoms with Crippen molar-refractivity contribution in [2.24, 2.45) is 0 Å². The second-order valence-corrected chi connectivity index (χ2v) is 5.09. The monoisotopic (exact) mass is 347 g/mol. The minimum absolute atomic E-state index is 0.449. The molecule has 10 nitrogen and oxygen atoms in total. The van der Waals surface area contributed by atoms with Crippen LogP contribution in [-0.4, -0.2) is 61.8 Å². The highest BCUT2D eigenvalue weighted by Gasteiger charge is 2.52. The van der Waals surface area contributed by atoms with Crippen molar-refractivity contribution in [1.29, 1.82) is 0 Å². The highest BCUT2D eigenvalue weighted by Crippen LogP contribution is 2.27. The Morgan fingerprint density at radius 3 is 1.71 bits per heavy atom. The van der Waals surface area contributed by atoms with Gasteiger partial charge in [0.15, 0.2) is 12.4 Å². The Balaban J connectivity index is 3.23. The maximum atomic E-state index is 11.4. The lowest BCUT2D eigenvalue weighted by Gasteiger charge is -2.43. The van der Waals surface area contributed by atoms with Crippen LogP contribution in [0.5, 0.6) is 0 Å². The van der Waals surface area contributed by atoms with Crippen LogP contribution in [0.3, 0.4) is 0 Å². The van der Waals surface area contributed by atoms with Gasteiger partial charge in [-0.15, -0.1) is 0 Å². The van der Waals surface area contributed by atoms with E-state index in [4.69, 9.17) is 23.7 Å². The van der Waals surface area contributed by atoms with Crippen molar-refractivity contribution in [3.05, 3.63) is 0 Å². The van der Waals surface area contributed by atoms with Crippen molar-refractivity contribution in [3.63, 3.8) is 0 Å². The molecule has 1 N–H and O–H groups in total. The fraction of sp³-hybridized carbons (Fsp3) is 0.714.